The molecule has 0 unspecified atom stereocenters. The minimum Gasteiger partial charge on any atom is -0.497 e. The molecule has 30 heavy (non-hydrogen) atoms. The number of anilines is 1. The largest absolute Gasteiger partial charge is 0.497 e. The fraction of sp³-hybridized carbons (Fsp3) is 0.150. The van der Waals surface area contributed by atoms with Crippen LogP contribution in [0.25, 0.3) is 17.0 Å². The van der Waals surface area contributed by atoms with Crippen LogP contribution in [0.3, 0.4) is 0 Å². The topological polar surface area (TPSA) is 108 Å². The number of ether oxygens (including phenoxy) is 2. The first-order valence-electron chi connectivity index (χ1n) is 8.95. The van der Waals surface area contributed by atoms with Crippen LogP contribution in [0.5, 0.6) is 11.5 Å². The van der Waals surface area contributed by atoms with Gasteiger partial charge in [-0.3, -0.25) is 4.72 Å². The number of sulfonamides is 1. The Kier molecular flexibility index (Phi) is 5.00. The van der Waals surface area contributed by atoms with Crippen molar-refractivity contribution in [3.05, 3.63) is 60.2 Å². The quantitative estimate of drug-likeness (QED) is 0.506. The van der Waals surface area contributed by atoms with Gasteiger partial charge in [0.15, 0.2) is 17.3 Å². The van der Waals surface area contributed by atoms with Gasteiger partial charge in [-0.2, -0.15) is 4.52 Å². The van der Waals surface area contributed by atoms with E-state index in [9.17, 15) is 8.42 Å². The molecule has 0 aliphatic carbocycles. The summed E-state index contributed by atoms with van der Waals surface area (Å²) < 4.78 is 40.3. The second kappa shape index (κ2) is 7.64. The van der Waals surface area contributed by atoms with E-state index in [1.807, 2.05) is 31.2 Å². The van der Waals surface area contributed by atoms with E-state index in [2.05, 4.69) is 20.0 Å². The predicted molar refractivity (Wildman–Crippen MR) is 111 cm³/mol. The van der Waals surface area contributed by atoms with Gasteiger partial charge in [0.05, 0.1) is 14.2 Å². The van der Waals surface area contributed by atoms with Crippen LogP contribution in [-0.4, -0.2) is 42.4 Å². The molecule has 0 amide bonds. The number of hydrogen-bond acceptors (Lipinski definition) is 7. The Morgan fingerprint density at radius 1 is 0.967 bits per heavy atom. The van der Waals surface area contributed by atoms with Crippen molar-refractivity contribution in [2.45, 2.75) is 11.8 Å². The third-order valence-corrected chi connectivity index (χ3v) is 5.81. The maximum atomic E-state index is 13.0. The number of rotatable bonds is 6. The highest BCUT2D eigenvalue weighted by atomic mass is 32.2. The molecule has 2 aromatic heterocycles. The highest BCUT2D eigenvalue weighted by Crippen LogP contribution is 2.29. The summed E-state index contributed by atoms with van der Waals surface area (Å²) in [6.45, 7) is 1.97. The maximum Gasteiger partial charge on any atom is 0.266 e. The molecule has 4 aromatic rings. The van der Waals surface area contributed by atoms with Gasteiger partial charge in [0, 0.05) is 11.6 Å². The molecule has 9 nitrogen and oxygen atoms in total. The van der Waals surface area contributed by atoms with Gasteiger partial charge in [-0.15, -0.1) is 15.3 Å². The van der Waals surface area contributed by atoms with E-state index in [0.29, 0.717) is 17.2 Å². The average Bonchev–Trinajstić information content (AvgIpc) is 3.16. The molecule has 0 aliphatic rings. The van der Waals surface area contributed by atoms with E-state index in [1.54, 1.807) is 12.1 Å². The smallest absolute Gasteiger partial charge is 0.266 e. The molecule has 10 heteroatoms. The molecule has 4 rings (SSSR count). The van der Waals surface area contributed by atoms with Crippen LogP contribution in [-0.2, 0) is 10.0 Å². The zero-order chi connectivity index (χ0) is 21.3. The Morgan fingerprint density at radius 3 is 2.53 bits per heavy atom. The fourth-order valence-electron chi connectivity index (χ4n) is 2.99. The van der Waals surface area contributed by atoms with E-state index < -0.39 is 10.0 Å². The van der Waals surface area contributed by atoms with Crippen molar-refractivity contribution >= 4 is 21.5 Å². The van der Waals surface area contributed by atoms with E-state index in [4.69, 9.17) is 9.47 Å². The zero-order valence-electron chi connectivity index (χ0n) is 16.5. The Bertz CT molecular complexity index is 1330. The molecule has 0 radical (unpaired) electrons. The van der Waals surface area contributed by atoms with E-state index in [0.717, 1.165) is 11.1 Å². The van der Waals surface area contributed by atoms with E-state index in [-0.39, 0.29) is 16.5 Å². The summed E-state index contributed by atoms with van der Waals surface area (Å²) in [5.41, 5.74) is 2.38. The number of nitrogens with zero attached hydrogens (tertiary/aromatic N) is 4. The second-order valence-corrected chi connectivity index (χ2v) is 8.15. The van der Waals surface area contributed by atoms with Crippen molar-refractivity contribution in [3.63, 3.8) is 0 Å². The second-order valence-electron chi connectivity index (χ2n) is 6.50. The summed E-state index contributed by atoms with van der Waals surface area (Å²) in [6, 6.07) is 15.4. The molecule has 0 fully saturated rings. The Morgan fingerprint density at radius 2 is 1.80 bits per heavy atom. The number of hydrogen-bond donors (Lipinski definition) is 1. The standard InChI is InChI=1S/C20H19N5O4S/c1-13-5-4-6-14(11-13)20-22-21-19-10-9-18(23-25(19)20)24-30(26,27)17-12-15(28-2)7-8-16(17)29-3/h4-12H,1-3H3,(H,23,24). The molecule has 0 aliphatic heterocycles. The van der Waals surface area contributed by atoms with Gasteiger partial charge in [0.25, 0.3) is 10.0 Å². The maximum absolute atomic E-state index is 13.0. The predicted octanol–water partition coefficient (Wildman–Crippen LogP) is 2.92. The minimum absolute atomic E-state index is 0.0612. The third-order valence-electron chi connectivity index (χ3n) is 4.44. The number of methoxy groups -OCH3 is 2. The van der Waals surface area contributed by atoms with Gasteiger partial charge in [0.2, 0.25) is 0 Å². The highest BCUT2D eigenvalue weighted by Gasteiger charge is 2.22. The lowest BCUT2D eigenvalue weighted by Gasteiger charge is -2.12. The first-order chi connectivity index (χ1) is 14.4. The third kappa shape index (κ3) is 3.64. The van der Waals surface area contributed by atoms with Gasteiger partial charge < -0.3 is 9.47 Å². The van der Waals surface area contributed by atoms with Crippen molar-refractivity contribution in [1.82, 2.24) is 19.8 Å². The SMILES string of the molecule is COc1ccc(OC)c(S(=O)(=O)Nc2ccc3nnc(-c4cccc(C)c4)n3n2)c1. The molecule has 0 spiro atoms. The van der Waals surface area contributed by atoms with Gasteiger partial charge in [-0.25, -0.2) is 8.42 Å². The lowest BCUT2D eigenvalue weighted by Crippen LogP contribution is -2.16. The number of aromatic nitrogens is 4. The number of benzene rings is 2. The van der Waals surface area contributed by atoms with Crippen molar-refractivity contribution in [2.24, 2.45) is 0 Å². The summed E-state index contributed by atoms with van der Waals surface area (Å²) >= 11 is 0. The zero-order valence-corrected chi connectivity index (χ0v) is 17.3. The van der Waals surface area contributed by atoms with Crippen LogP contribution in [0.15, 0.2) is 59.5 Å². The van der Waals surface area contributed by atoms with E-state index >= 15 is 0 Å². The fourth-order valence-corrected chi connectivity index (χ4v) is 4.18. The van der Waals surface area contributed by atoms with Gasteiger partial charge >= 0.3 is 0 Å². The molecular formula is C20H19N5O4S. The molecular weight excluding hydrogens is 406 g/mol. The van der Waals surface area contributed by atoms with Crippen molar-refractivity contribution in [3.8, 4) is 22.9 Å². The lowest BCUT2D eigenvalue weighted by molar-refractivity contribution is 0.392. The first kappa shape index (κ1) is 19.6. The van der Waals surface area contributed by atoms with Crippen LogP contribution in [0.4, 0.5) is 5.82 Å². The molecule has 0 atom stereocenters. The highest BCUT2D eigenvalue weighted by molar-refractivity contribution is 7.92. The van der Waals surface area contributed by atoms with Crippen LogP contribution < -0.4 is 14.2 Å². The van der Waals surface area contributed by atoms with Crippen LogP contribution in [0.2, 0.25) is 0 Å². The summed E-state index contributed by atoms with van der Waals surface area (Å²) in [7, 11) is -1.14. The summed E-state index contributed by atoms with van der Waals surface area (Å²) in [4.78, 5) is -0.0612. The number of nitrogens with one attached hydrogen (secondary N) is 1. The molecule has 2 heterocycles. The number of aryl methyl sites for hydroxylation is 1. The molecule has 0 saturated heterocycles. The number of fused-ring (bicyclic) bond motifs is 1. The van der Waals surface area contributed by atoms with Crippen LogP contribution in [0.1, 0.15) is 5.56 Å². The monoisotopic (exact) mass is 425 g/mol. The van der Waals surface area contributed by atoms with Crippen molar-refractivity contribution in [1.29, 1.82) is 0 Å². The average molecular weight is 425 g/mol. The normalized spacial score (nSPS) is 11.4. The molecule has 1 N–H and O–H groups in total. The van der Waals surface area contributed by atoms with Crippen LogP contribution in [0, 0.1) is 6.92 Å². The Balaban J connectivity index is 1.75. The Hall–Kier alpha value is -3.66. The first-order valence-corrected chi connectivity index (χ1v) is 10.4. The van der Waals surface area contributed by atoms with Gasteiger partial charge in [0.1, 0.15) is 16.4 Å². The van der Waals surface area contributed by atoms with E-state index in [1.165, 1.54) is 36.9 Å². The summed E-state index contributed by atoms with van der Waals surface area (Å²) in [6.07, 6.45) is 0. The summed E-state index contributed by atoms with van der Waals surface area (Å²) in [5, 5.41) is 12.7. The molecule has 0 saturated carbocycles. The van der Waals surface area contributed by atoms with Gasteiger partial charge in [-0.05, 0) is 37.3 Å². The van der Waals surface area contributed by atoms with Gasteiger partial charge in [-0.1, -0.05) is 23.8 Å². The minimum atomic E-state index is -4.00. The van der Waals surface area contributed by atoms with Crippen molar-refractivity contribution in [2.75, 3.05) is 18.9 Å². The molecule has 2 aromatic carbocycles. The lowest BCUT2D eigenvalue weighted by atomic mass is 10.1. The summed E-state index contributed by atoms with van der Waals surface area (Å²) in [5.74, 6) is 1.20. The van der Waals surface area contributed by atoms with Crippen LogP contribution >= 0.6 is 0 Å². The molecule has 154 valence electrons. The molecule has 0 bridgehead atoms. The van der Waals surface area contributed by atoms with Crippen molar-refractivity contribution < 1.29 is 17.9 Å². The Labute approximate surface area is 173 Å².